The van der Waals surface area contributed by atoms with Crippen molar-refractivity contribution in [2.24, 2.45) is 4.99 Å². The molecule has 0 bridgehead atoms. The molecule has 1 N–H and O–H groups in total. The number of nitrogens with zero attached hydrogens (tertiary/aromatic N) is 4. The number of amides is 1. The number of carbonyl (C=O) groups excluding carboxylic acids is 1. The van der Waals surface area contributed by atoms with Crippen molar-refractivity contribution >= 4 is 22.8 Å². The Hall–Kier alpha value is -1.76. The van der Waals surface area contributed by atoms with Gasteiger partial charge in [0.15, 0.2) is 5.17 Å². The average Bonchev–Trinajstić information content (AvgIpc) is 3.33. The first-order valence-electron chi connectivity index (χ1n) is 9.12. The van der Waals surface area contributed by atoms with E-state index in [1.54, 1.807) is 11.8 Å². The standard InChI is InChI=1S/C18H25N5OS/c1-12(2)15-10-16(21-20-15)13-3-6-22(7-4-13)17(24)9-14-11-25-18-19-5-8-23(14)18/h10-13H,3-9H2,1-2H3,(H,20,21). The van der Waals surface area contributed by atoms with Crippen LogP contribution in [0.2, 0.25) is 0 Å². The summed E-state index contributed by atoms with van der Waals surface area (Å²) in [7, 11) is 0. The summed E-state index contributed by atoms with van der Waals surface area (Å²) in [6.07, 6.45) is 2.52. The number of carbonyl (C=O) groups is 1. The monoisotopic (exact) mass is 359 g/mol. The molecule has 0 saturated carbocycles. The number of aliphatic imine (C=N–C) groups is 1. The molecule has 1 saturated heterocycles. The Bertz CT molecular complexity index is 715. The fourth-order valence-electron chi connectivity index (χ4n) is 3.68. The Morgan fingerprint density at radius 1 is 1.36 bits per heavy atom. The SMILES string of the molecule is CC(C)c1cc(C2CCN(C(=O)CC3=CSC4=NCCN34)CC2)[nH]n1. The second-order valence-electron chi connectivity index (χ2n) is 7.28. The minimum absolute atomic E-state index is 0.242. The van der Waals surface area contributed by atoms with Crippen molar-refractivity contribution < 1.29 is 4.79 Å². The molecule has 4 rings (SSSR count). The lowest BCUT2D eigenvalue weighted by Gasteiger charge is -2.32. The number of rotatable bonds is 4. The third kappa shape index (κ3) is 3.34. The summed E-state index contributed by atoms with van der Waals surface area (Å²) in [5.41, 5.74) is 3.47. The van der Waals surface area contributed by atoms with Crippen molar-refractivity contribution in [2.75, 3.05) is 26.2 Å². The van der Waals surface area contributed by atoms with Crippen LogP contribution < -0.4 is 0 Å². The number of likely N-dealkylation sites (tertiary alicyclic amines) is 1. The molecule has 25 heavy (non-hydrogen) atoms. The van der Waals surface area contributed by atoms with Gasteiger partial charge in [0.25, 0.3) is 0 Å². The fourth-order valence-corrected chi connectivity index (χ4v) is 4.63. The van der Waals surface area contributed by atoms with Gasteiger partial charge < -0.3 is 9.80 Å². The number of aromatic nitrogens is 2. The van der Waals surface area contributed by atoms with Crippen LogP contribution in [0, 0.1) is 0 Å². The number of thioether (sulfide) groups is 1. The lowest BCUT2D eigenvalue weighted by Crippen LogP contribution is -2.39. The van der Waals surface area contributed by atoms with Crippen LogP contribution in [0.25, 0.3) is 0 Å². The first kappa shape index (κ1) is 16.7. The summed E-state index contributed by atoms with van der Waals surface area (Å²) in [5, 5.41) is 10.8. The van der Waals surface area contributed by atoms with Crippen molar-refractivity contribution in [3.63, 3.8) is 0 Å². The normalized spacial score (nSPS) is 20.9. The second-order valence-corrected chi connectivity index (χ2v) is 8.11. The number of hydrogen-bond donors (Lipinski definition) is 1. The molecule has 1 fully saturated rings. The van der Waals surface area contributed by atoms with Crippen LogP contribution in [0.3, 0.4) is 0 Å². The molecule has 6 nitrogen and oxygen atoms in total. The number of nitrogens with one attached hydrogen (secondary N) is 1. The third-order valence-electron chi connectivity index (χ3n) is 5.28. The molecule has 0 spiro atoms. The first-order valence-corrected chi connectivity index (χ1v) is 10.0. The molecule has 0 radical (unpaired) electrons. The molecule has 4 heterocycles. The summed E-state index contributed by atoms with van der Waals surface area (Å²) >= 11 is 1.64. The summed E-state index contributed by atoms with van der Waals surface area (Å²) < 4.78 is 0. The van der Waals surface area contributed by atoms with Crippen molar-refractivity contribution in [3.8, 4) is 0 Å². The maximum atomic E-state index is 12.7. The maximum absolute atomic E-state index is 12.7. The molecule has 3 aliphatic rings. The summed E-state index contributed by atoms with van der Waals surface area (Å²) in [5.74, 6) is 1.18. The predicted octanol–water partition coefficient (Wildman–Crippen LogP) is 2.89. The van der Waals surface area contributed by atoms with Crippen LogP contribution in [0.4, 0.5) is 0 Å². The van der Waals surface area contributed by atoms with Gasteiger partial charge in [0.05, 0.1) is 18.7 Å². The fraction of sp³-hybridized carbons (Fsp3) is 0.611. The second kappa shape index (κ2) is 6.86. The van der Waals surface area contributed by atoms with Gasteiger partial charge in [0.1, 0.15) is 0 Å². The van der Waals surface area contributed by atoms with E-state index in [9.17, 15) is 4.79 Å². The van der Waals surface area contributed by atoms with E-state index < -0.39 is 0 Å². The predicted molar refractivity (Wildman–Crippen MR) is 101 cm³/mol. The lowest BCUT2D eigenvalue weighted by molar-refractivity contribution is -0.131. The highest BCUT2D eigenvalue weighted by molar-refractivity contribution is 8.16. The van der Waals surface area contributed by atoms with E-state index in [-0.39, 0.29) is 5.91 Å². The van der Waals surface area contributed by atoms with Gasteiger partial charge in [-0.15, -0.1) is 0 Å². The van der Waals surface area contributed by atoms with Gasteiger partial charge in [-0.1, -0.05) is 25.6 Å². The van der Waals surface area contributed by atoms with Crippen LogP contribution in [0.15, 0.2) is 22.2 Å². The average molecular weight is 359 g/mol. The molecule has 3 aliphatic heterocycles. The van der Waals surface area contributed by atoms with Gasteiger partial charge in [-0.3, -0.25) is 14.9 Å². The van der Waals surface area contributed by atoms with Crippen molar-refractivity contribution in [1.29, 1.82) is 0 Å². The molecular formula is C18H25N5OS. The lowest BCUT2D eigenvalue weighted by atomic mass is 9.92. The Morgan fingerprint density at radius 3 is 2.88 bits per heavy atom. The highest BCUT2D eigenvalue weighted by atomic mass is 32.2. The highest BCUT2D eigenvalue weighted by Crippen LogP contribution is 2.32. The number of fused-ring (bicyclic) bond motifs is 1. The summed E-state index contributed by atoms with van der Waals surface area (Å²) in [6, 6.07) is 2.20. The largest absolute Gasteiger partial charge is 0.342 e. The van der Waals surface area contributed by atoms with Crippen molar-refractivity contribution in [1.82, 2.24) is 20.0 Å². The molecule has 134 valence electrons. The summed E-state index contributed by atoms with van der Waals surface area (Å²) in [6.45, 7) is 7.76. The zero-order valence-electron chi connectivity index (χ0n) is 14.9. The van der Waals surface area contributed by atoms with E-state index in [1.807, 2.05) is 4.90 Å². The minimum atomic E-state index is 0.242. The number of piperidine rings is 1. The molecule has 1 aromatic rings. The number of hydrogen-bond acceptors (Lipinski definition) is 5. The van der Waals surface area contributed by atoms with E-state index in [4.69, 9.17) is 0 Å². The zero-order chi connectivity index (χ0) is 17.4. The first-order chi connectivity index (χ1) is 12.1. The molecule has 1 aromatic heterocycles. The molecule has 1 amide bonds. The van der Waals surface area contributed by atoms with Gasteiger partial charge in [0, 0.05) is 36.9 Å². The van der Waals surface area contributed by atoms with E-state index in [0.717, 1.165) is 55.6 Å². The van der Waals surface area contributed by atoms with Crippen LogP contribution in [-0.2, 0) is 4.79 Å². The zero-order valence-corrected chi connectivity index (χ0v) is 15.7. The Morgan fingerprint density at radius 2 is 2.16 bits per heavy atom. The van der Waals surface area contributed by atoms with Gasteiger partial charge in [0.2, 0.25) is 5.91 Å². The molecule has 7 heteroatoms. The van der Waals surface area contributed by atoms with Crippen molar-refractivity contribution in [3.05, 3.63) is 28.6 Å². The third-order valence-corrected chi connectivity index (χ3v) is 6.23. The van der Waals surface area contributed by atoms with E-state index in [0.29, 0.717) is 18.3 Å². The molecule has 0 unspecified atom stereocenters. The van der Waals surface area contributed by atoms with E-state index in [2.05, 4.69) is 45.4 Å². The topological polar surface area (TPSA) is 64.6 Å². The molecule has 0 aliphatic carbocycles. The van der Waals surface area contributed by atoms with Crippen molar-refractivity contribution in [2.45, 2.75) is 44.9 Å². The summed E-state index contributed by atoms with van der Waals surface area (Å²) in [4.78, 5) is 21.3. The van der Waals surface area contributed by atoms with Gasteiger partial charge in [-0.05, 0) is 30.2 Å². The number of aromatic amines is 1. The van der Waals surface area contributed by atoms with Gasteiger partial charge >= 0.3 is 0 Å². The van der Waals surface area contributed by atoms with Gasteiger partial charge in [-0.2, -0.15) is 5.10 Å². The van der Waals surface area contributed by atoms with Crippen LogP contribution in [0.5, 0.6) is 0 Å². The smallest absolute Gasteiger partial charge is 0.228 e. The van der Waals surface area contributed by atoms with E-state index in [1.165, 1.54) is 5.69 Å². The molecule has 0 atom stereocenters. The number of H-pyrrole nitrogens is 1. The molecule has 0 aromatic carbocycles. The van der Waals surface area contributed by atoms with Gasteiger partial charge in [-0.25, -0.2) is 0 Å². The quantitative estimate of drug-likeness (QED) is 0.898. The maximum Gasteiger partial charge on any atom is 0.228 e. The Balaban J connectivity index is 1.31. The number of amidine groups is 1. The Kier molecular flexibility index (Phi) is 4.58. The van der Waals surface area contributed by atoms with E-state index >= 15 is 0 Å². The molecular weight excluding hydrogens is 334 g/mol. The van der Waals surface area contributed by atoms with Crippen LogP contribution in [0.1, 0.15) is 56.3 Å². The minimum Gasteiger partial charge on any atom is -0.342 e. The van der Waals surface area contributed by atoms with Crippen LogP contribution >= 0.6 is 11.8 Å². The van der Waals surface area contributed by atoms with Crippen LogP contribution in [-0.4, -0.2) is 57.3 Å². The Labute approximate surface area is 152 Å². The highest BCUT2D eigenvalue weighted by Gasteiger charge is 2.30.